The highest BCUT2D eigenvalue weighted by Gasteiger charge is 2.33. The van der Waals surface area contributed by atoms with Gasteiger partial charge < -0.3 is 19.3 Å². The fourth-order valence-corrected chi connectivity index (χ4v) is 4.07. The van der Waals surface area contributed by atoms with Crippen LogP contribution in [0.25, 0.3) is 0 Å². The van der Waals surface area contributed by atoms with Crippen LogP contribution < -0.4 is 4.74 Å². The summed E-state index contributed by atoms with van der Waals surface area (Å²) in [6.45, 7) is 8.49. The number of piperidine rings is 1. The zero-order valence-electron chi connectivity index (χ0n) is 18.1. The summed E-state index contributed by atoms with van der Waals surface area (Å²) < 4.78 is 11.1. The van der Waals surface area contributed by atoms with E-state index in [0.29, 0.717) is 19.1 Å². The highest BCUT2D eigenvalue weighted by molar-refractivity contribution is 5.85. The van der Waals surface area contributed by atoms with E-state index in [1.807, 2.05) is 49.9 Å². The SMILES string of the molecule is CN(CCC1CCN(C(=O)[C@@H]2CCOc3ccccc32)CC1)C(=O)OC(C)(C)C. The second-order valence-corrected chi connectivity index (χ2v) is 9.19. The molecule has 0 radical (unpaired) electrons. The third kappa shape index (κ3) is 5.64. The van der Waals surface area contributed by atoms with Crippen LogP contribution in [0.15, 0.2) is 24.3 Å². The van der Waals surface area contributed by atoms with E-state index in [2.05, 4.69) is 0 Å². The van der Waals surface area contributed by atoms with Crippen LogP contribution in [-0.4, -0.2) is 60.7 Å². The van der Waals surface area contributed by atoms with Crippen molar-refractivity contribution in [3.05, 3.63) is 29.8 Å². The van der Waals surface area contributed by atoms with Gasteiger partial charge in [-0.1, -0.05) is 18.2 Å². The number of likely N-dealkylation sites (tertiary alicyclic amines) is 1. The van der Waals surface area contributed by atoms with Gasteiger partial charge in [0.25, 0.3) is 0 Å². The minimum atomic E-state index is -0.472. The molecule has 0 bridgehead atoms. The Labute approximate surface area is 174 Å². The number of amides is 2. The third-order valence-corrected chi connectivity index (χ3v) is 5.76. The van der Waals surface area contributed by atoms with Gasteiger partial charge in [0.1, 0.15) is 11.4 Å². The van der Waals surface area contributed by atoms with Gasteiger partial charge in [-0.05, 0) is 58.4 Å². The molecular weight excluding hydrogens is 368 g/mol. The van der Waals surface area contributed by atoms with Gasteiger partial charge in [-0.15, -0.1) is 0 Å². The van der Waals surface area contributed by atoms with Crippen molar-refractivity contribution in [2.24, 2.45) is 5.92 Å². The van der Waals surface area contributed by atoms with Crippen molar-refractivity contribution in [2.45, 2.75) is 58.0 Å². The average Bonchev–Trinajstić information content (AvgIpc) is 2.70. The summed E-state index contributed by atoms with van der Waals surface area (Å²) in [4.78, 5) is 28.9. The van der Waals surface area contributed by atoms with Crippen molar-refractivity contribution in [1.29, 1.82) is 0 Å². The van der Waals surface area contributed by atoms with Gasteiger partial charge in [0, 0.05) is 32.2 Å². The van der Waals surface area contributed by atoms with Crippen LogP contribution in [0.2, 0.25) is 0 Å². The summed E-state index contributed by atoms with van der Waals surface area (Å²) in [6.07, 6.45) is 3.38. The number of para-hydroxylation sites is 1. The third-order valence-electron chi connectivity index (χ3n) is 5.76. The Hall–Kier alpha value is -2.24. The van der Waals surface area contributed by atoms with Gasteiger partial charge in [0.2, 0.25) is 5.91 Å². The van der Waals surface area contributed by atoms with Crippen molar-refractivity contribution in [1.82, 2.24) is 9.80 Å². The number of carbonyl (C=O) groups is 2. The maximum Gasteiger partial charge on any atom is 0.410 e. The molecule has 0 aliphatic carbocycles. The molecule has 0 aromatic heterocycles. The van der Waals surface area contributed by atoms with Gasteiger partial charge >= 0.3 is 6.09 Å². The van der Waals surface area contributed by atoms with E-state index in [1.165, 1.54) is 0 Å². The Morgan fingerprint density at radius 1 is 1.17 bits per heavy atom. The lowest BCUT2D eigenvalue weighted by molar-refractivity contribution is -0.135. The van der Waals surface area contributed by atoms with Crippen molar-refractivity contribution >= 4 is 12.0 Å². The van der Waals surface area contributed by atoms with Crippen LogP contribution in [0.3, 0.4) is 0 Å². The van der Waals surface area contributed by atoms with Crippen LogP contribution in [0.4, 0.5) is 4.79 Å². The van der Waals surface area contributed by atoms with Crippen LogP contribution >= 0.6 is 0 Å². The molecule has 0 spiro atoms. The molecule has 0 unspecified atom stereocenters. The van der Waals surface area contributed by atoms with Crippen LogP contribution in [-0.2, 0) is 9.53 Å². The van der Waals surface area contributed by atoms with Gasteiger partial charge in [0.05, 0.1) is 12.5 Å². The molecule has 6 heteroatoms. The fraction of sp³-hybridized carbons (Fsp3) is 0.652. The number of benzene rings is 1. The average molecular weight is 403 g/mol. The summed E-state index contributed by atoms with van der Waals surface area (Å²) in [5.41, 5.74) is 0.546. The van der Waals surface area contributed by atoms with Crippen molar-refractivity contribution in [3.8, 4) is 5.75 Å². The van der Waals surface area contributed by atoms with E-state index >= 15 is 0 Å². The molecule has 1 fully saturated rings. The molecule has 1 aromatic rings. The summed E-state index contributed by atoms with van der Waals surface area (Å²) >= 11 is 0. The zero-order chi connectivity index (χ0) is 21.0. The van der Waals surface area contributed by atoms with Gasteiger partial charge in [0.15, 0.2) is 0 Å². The molecule has 29 heavy (non-hydrogen) atoms. The molecule has 1 saturated heterocycles. The van der Waals surface area contributed by atoms with E-state index < -0.39 is 5.60 Å². The Morgan fingerprint density at radius 3 is 2.55 bits per heavy atom. The van der Waals surface area contributed by atoms with Gasteiger partial charge in [-0.3, -0.25) is 4.79 Å². The molecule has 2 heterocycles. The molecule has 160 valence electrons. The minimum absolute atomic E-state index is 0.0881. The Morgan fingerprint density at radius 2 is 1.86 bits per heavy atom. The molecule has 2 amide bonds. The fourth-order valence-electron chi connectivity index (χ4n) is 4.07. The lowest BCUT2D eigenvalue weighted by atomic mass is 9.89. The Bertz CT molecular complexity index is 720. The van der Waals surface area contributed by atoms with Crippen molar-refractivity contribution in [2.75, 3.05) is 33.3 Å². The van der Waals surface area contributed by atoms with Crippen molar-refractivity contribution < 1.29 is 19.1 Å². The molecule has 2 aliphatic rings. The quantitative estimate of drug-likeness (QED) is 0.762. The molecule has 1 aromatic carbocycles. The predicted octanol–water partition coefficient (Wildman–Crippen LogP) is 4.05. The first kappa shape index (κ1) is 21.5. The van der Waals surface area contributed by atoms with Crippen LogP contribution in [0.1, 0.15) is 57.9 Å². The smallest absolute Gasteiger partial charge is 0.410 e. The number of fused-ring (bicyclic) bond motifs is 1. The molecule has 1 atom stereocenters. The summed E-state index contributed by atoms with van der Waals surface area (Å²) in [5.74, 6) is 1.52. The number of hydrogen-bond acceptors (Lipinski definition) is 4. The molecule has 0 N–H and O–H groups in total. The first-order chi connectivity index (χ1) is 13.7. The molecule has 0 saturated carbocycles. The van der Waals surface area contributed by atoms with E-state index in [0.717, 1.165) is 50.1 Å². The zero-order valence-corrected chi connectivity index (χ0v) is 18.1. The molecule has 6 nitrogen and oxygen atoms in total. The molecule has 2 aliphatic heterocycles. The molecule has 3 rings (SSSR count). The number of nitrogens with zero attached hydrogens (tertiary/aromatic N) is 2. The Balaban J connectivity index is 1.46. The van der Waals surface area contributed by atoms with E-state index in [9.17, 15) is 9.59 Å². The second-order valence-electron chi connectivity index (χ2n) is 9.19. The Kier molecular flexibility index (Phi) is 6.70. The largest absolute Gasteiger partial charge is 0.493 e. The number of hydrogen-bond donors (Lipinski definition) is 0. The topological polar surface area (TPSA) is 59.1 Å². The normalized spacial score (nSPS) is 19.9. The highest BCUT2D eigenvalue weighted by atomic mass is 16.6. The van der Waals surface area contributed by atoms with E-state index in [1.54, 1.807) is 11.9 Å². The van der Waals surface area contributed by atoms with Crippen molar-refractivity contribution in [3.63, 3.8) is 0 Å². The number of carbonyl (C=O) groups excluding carboxylic acids is 2. The van der Waals surface area contributed by atoms with Gasteiger partial charge in [-0.2, -0.15) is 0 Å². The molecular formula is C23H34N2O4. The predicted molar refractivity (Wildman–Crippen MR) is 112 cm³/mol. The lowest BCUT2D eigenvalue weighted by Gasteiger charge is -2.36. The number of rotatable bonds is 4. The minimum Gasteiger partial charge on any atom is -0.493 e. The summed E-state index contributed by atoms with van der Waals surface area (Å²) in [6, 6.07) is 7.88. The van der Waals surface area contributed by atoms with Crippen LogP contribution in [0, 0.1) is 5.92 Å². The van der Waals surface area contributed by atoms with Crippen LogP contribution in [0.5, 0.6) is 5.75 Å². The van der Waals surface area contributed by atoms with E-state index in [4.69, 9.17) is 9.47 Å². The monoisotopic (exact) mass is 402 g/mol. The first-order valence-corrected chi connectivity index (χ1v) is 10.7. The maximum absolute atomic E-state index is 13.1. The second kappa shape index (κ2) is 9.06. The summed E-state index contributed by atoms with van der Waals surface area (Å²) in [7, 11) is 1.79. The number of ether oxygens (including phenoxy) is 2. The van der Waals surface area contributed by atoms with E-state index in [-0.39, 0.29) is 17.9 Å². The highest BCUT2D eigenvalue weighted by Crippen LogP contribution is 2.35. The van der Waals surface area contributed by atoms with Gasteiger partial charge in [-0.25, -0.2) is 4.79 Å². The maximum atomic E-state index is 13.1. The first-order valence-electron chi connectivity index (χ1n) is 10.7. The standard InChI is InChI=1S/C23H34N2O4/c1-23(2,3)29-22(27)24(4)13-9-17-10-14-25(15-11-17)21(26)19-12-16-28-20-8-6-5-7-18(19)20/h5-8,17,19H,9-16H2,1-4H3/t19-/m1/s1. The lowest BCUT2D eigenvalue weighted by Crippen LogP contribution is -2.42. The summed E-state index contributed by atoms with van der Waals surface area (Å²) in [5, 5.41) is 0.